The van der Waals surface area contributed by atoms with Gasteiger partial charge in [0.15, 0.2) is 5.78 Å². The Morgan fingerprint density at radius 3 is 2.33 bits per heavy atom. The van der Waals surface area contributed by atoms with Crippen LogP contribution in [0.1, 0.15) is 56.3 Å². The van der Waals surface area contributed by atoms with E-state index < -0.39 is 23.7 Å². The van der Waals surface area contributed by atoms with Crippen LogP contribution in [0.4, 0.5) is 4.39 Å². The zero-order valence-corrected chi connectivity index (χ0v) is 18.0. The number of methoxy groups -OCH3 is 1. The summed E-state index contributed by atoms with van der Waals surface area (Å²) in [6.07, 6.45) is 1.53. The Morgan fingerprint density at radius 2 is 1.83 bits per heavy atom. The van der Waals surface area contributed by atoms with Gasteiger partial charge in [0.1, 0.15) is 11.5 Å². The van der Waals surface area contributed by atoms with Crippen LogP contribution in [-0.2, 0) is 11.3 Å². The summed E-state index contributed by atoms with van der Waals surface area (Å²) in [6, 6.07) is 4.33. The SMILES string of the molecule is C=CCN(C(=O)c1ccc(F)cc1)C(C)C(=O)c1c(C)c(C(=O)OC)n(CC)c1C. The standard InChI is InChI=1S/C23H27FN2O4/c1-7-13-26(22(28)17-9-11-18(24)12-10-17)16(5)21(27)19-14(3)20(23(29)30-6)25(8-2)15(19)4/h7,9-12,16H,1,8,13H2,2-6H3. The molecule has 0 radical (unpaired) electrons. The number of ether oxygens (including phenoxy) is 1. The highest BCUT2D eigenvalue weighted by molar-refractivity contribution is 6.07. The van der Waals surface area contributed by atoms with Gasteiger partial charge in [-0.05, 0) is 57.5 Å². The van der Waals surface area contributed by atoms with Crippen molar-refractivity contribution >= 4 is 17.7 Å². The summed E-state index contributed by atoms with van der Waals surface area (Å²) in [5, 5.41) is 0. The van der Waals surface area contributed by atoms with E-state index in [1.165, 1.54) is 42.4 Å². The van der Waals surface area contributed by atoms with Gasteiger partial charge in [0.25, 0.3) is 5.91 Å². The number of hydrogen-bond donors (Lipinski definition) is 0. The first-order chi connectivity index (χ1) is 14.2. The minimum atomic E-state index is -0.823. The Labute approximate surface area is 175 Å². The van der Waals surface area contributed by atoms with E-state index in [9.17, 15) is 18.8 Å². The summed E-state index contributed by atoms with van der Waals surface area (Å²) in [6.45, 7) is 11.3. The summed E-state index contributed by atoms with van der Waals surface area (Å²) in [5.74, 6) is -1.67. The molecule has 1 heterocycles. The fourth-order valence-electron chi connectivity index (χ4n) is 3.68. The summed E-state index contributed by atoms with van der Waals surface area (Å²) in [4.78, 5) is 40.1. The minimum absolute atomic E-state index is 0.138. The minimum Gasteiger partial charge on any atom is -0.464 e. The van der Waals surface area contributed by atoms with Crippen LogP contribution < -0.4 is 0 Å². The van der Waals surface area contributed by atoms with Crippen LogP contribution in [0.15, 0.2) is 36.9 Å². The van der Waals surface area contributed by atoms with E-state index in [-0.39, 0.29) is 17.9 Å². The number of Topliss-reactive ketones (excluding diaryl/α,β-unsaturated/α-hetero) is 1. The van der Waals surface area contributed by atoms with Crippen molar-refractivity contribution in [2.45, 2.75) is 40.3 Å². The lowest BCUT2D eigenvalue weighted by molar-refractivity contribution is 0.0587. The van der Waals surface area contributed by atoms with E-state index in [2.05, 4.69) is 6.58 Å². The number of esters is 1. The number of hydrogen-bond acceptors (Lipinski definition) is 4. The molecular formula is C23H27FN2O4. The highest BCUT2D eigenvalue weighted by Gasteiger charge is 2.32. The van der Waals surface area contributed by atoms with Crippen molar-refractivity contribution < 1.29 is 23.5 Å². The quantitative estimate of drug-likeness (QED) is 0.373. The maximum absolute atomic E-state index is 13.4. The Balaban J connectivity index is 2.48. The van der Waals surface area contributed by atoms with Gasteiger partial charge in [-0.2, -0.15) is 0 Å². The van der Waals surface area contributed by atoms with Crippen molar-refractivity contribution in [3.05, 3.63) is 70.8 Å². The molecule has 1 amide bonds. The second-order valence-electron chi connectivity index (χ2n) is 6.96. The molecule has 0 saturated carbocycles. The average Bonchev–Trinajstić information content (AvgIpc) is 2.99. The van der Waals surface area contributed by atoms with Crippen LogP contribution in [0.3, 0.4) is 0 Å². The number of halogens is 1. The predicted octanol–water partition coefficient (Wildman–Crippen LogP) is 3.95. The van der Waals surface area contributed by atoms with Gasteiger partial charge in [-0.25, -0.2) is 9.18 Å². The monoisotopic (exact) mass is 414 g/mol. The normalized spacial score (nSPS) is 11.7. The molecule has 1 aromatic carbocycles. The molecule has 7 heteroatoms. The maximum atomic E-state index is 13.4. The first kappa shape index (κ1) is 23.1. The Kier molecular flexibility index (Phi) is 7.32. The van der Waals surface area contributed by atoms with Crippen molar-refractivity contribution in [1.82, 2.24) is 9.47 Å². The maximum Gasteiger partial charge on any atom is 0.354 e. The van der Waals surface area contributed by atoms with Gasteiger partial charge in [-0.15, -0.1) is 6.58 Å². The molecule has 0 bridgehead atoms. The molecule has 6 nitrogen and oxygen atoms in total. The molecule has 0 aliphatic heterocycles. The van der Waals surface area contributed by atoms with Crippen molar-refractivity contribution in [2.75, 3.05) is 13.7 Å². The van der Waals surface area contributed by atoms with Gasteiger partial charge in [0.05, 0.1) is 13.2 Å². The van der Waals surface area contributed by atoms with Crippen molar-refractivity contribution in [3.63, 3.8) is 0 Å². The molecular weight excluding hydrogens is 387 g/mol. The summed E-state index contributed by atoms with van der Waals surface area (Å²) in [7, 11) is 1.29. The van der Waals surface area contributed by atoms with Gasteiger partial charge < -0.3 is 14.2 Å². The summed E-state index contributed by atoms with van der Waals surface area (Å²) in [5.41, 5.74) is 2.15. The highest BCUT2D eigenvalue weighted by atomic mass is 19.1. The second kappa shape index (κ2) is 9.52. The highest BCUT2D eigenvalue weighted by Crippen LogP contribution is 2.26. The molecule has 1 aromatic heterocycles. The Morgan fingerprint density at radius 1 is 1.23 bits per heavy atom. The fourth-order valence-corrected chi connectivity index (χ4v) is 3.68. The van der Waals surface area contributed by atoms with Crippen LogP contribution in [0.5, 0.6) is 0 Å². The number of carbonyl (C=O) groups excluding carboxylic acids is 3. The molecule has 0 aliphatic rings. The summed E-state index contributed by atoms with van der Waals surface area (Å²) < 4.78 is 19.8. The number of benzene rings is 1. The van der Waals surface area contributed by atoms with E-state index in [4.69, 9.17) is 4.74 Å². The lowest BCUT2D eigenvalue weighted by atomic mass is 9.99. The number of carbonyl (C=O) groups is 3. The third-order valence-electron chi connectivity index (χ3n) is 5.23. The first-order valence-electron chi connectivity index (χ1n) is 9.69. The third-order valence-corrected chi connectivity index (χ3v) is 5.23. The first-order valence-corrected chi connectivity index (χ1v) is 9.69. The van der Waals surface area contributed by atoms with Crippen LogP contribution >= 0.6 is 0 Å². The molecule has 0 saturated heterocycles. The van der Waals surface area contributed by atoms with Gasteiger partial charge >= 0.3 is 5.97 Å². The molecule has 0 aliphatic carbocycles. The number of nitrogens with zero attached hydrogens (tertiary/aromatic N) is 2. The number of ketones is 1. The molecule has 2 rings (SSSR count). The van der Waals surface area contributed by atoms with Crippen LogP contribution in [-0.4, -0.2) is 46.8 Å². The zero-order valence-electron chi connectivity index (χ0n) is 18.0. The smallest absolute Gasteiger partial charge is 0.354 e. The topological polar surface area (TPSA) is 68.6 Å². The average molecular weight is 414 g/mol. The van der Waals surface area contributed by atoms with E-state index in [0.29, 0.717) is 29.1 Å². The van der Waals surface area contributed by atoms with Gasteiger partial charge in [-0.1, -0.05) is 6.08 Å². The predicted molar refractivity (Wildman–Crippen MR) is 112 cm³/mol. The van der Waals surface area contributed by atoms with Crippen molar-refractivity contribution in [2.24, 2.45) is 0 Å². The molecule has 2 aromatic rings. The lowest BCUT2D eigenvalue weighted by Gasteiger charge is -2.27. The second-order valence-corrected chi connectivity index (χ2v) is 6.96. The molecule has 0 spiro atoms. The molecule has 1 unspecified atom stereocenters. The molecule has 30 heavy (non-hydrogen) atoms. The largest absolute Gasteiger partial charge is 0.464 e. The van der Waals surface area contributed by atoms with E-state index >= 15 is 0 Å². The Bertz CT molecular complexity index is 976. The van der Waals surface area contributed by atoms with Crippen LogP contribution in [0.25, 0.3) is 0 Å². The third kappa shape index (κ3) is 4.20. The number of rotatable bonds is 8. The zero-order chi connectivity index (χ0) is 22.6. The fraction of sp³-hybridized carbons (Fsp3) is 0.348. The van der Waals surface area contributed by atoms with E-state index in [1.807, 2.05) is 6.92 Å². The number of amides is 1. The molecule has 0 fully saturated rings. The van der Waals surface area contributed by atoms with Gasteiger partial charge in [0, 0.05) is 29.9 Å². The molecule has 1 atom stereocenters. The van der Waals surface area contributed by atoms with Crippen molar-refractivity contribution in [1.29, 1.82) is 0 Å². The van der Waals surface area contributed by atoms with E-state index in [1.54, 1.807) is 25.3 Å². The van der Waals surface area contributed by atoms with Gasteiger partial charge in [-0.3, -0.25) is 9.59 Å². The summed E-state index contributed by atoms with van der Waals surface area (Å²) >= 11 is 0. The Hall–Kier alpha value is -3.22. The van der Waals surface area contributed by atoms with Crippen LogP contribution in [0.2, 0.25) is 0 Å². The molecule has 160 valence electrons. The number of aromatic nitrogens is 1. The lowest BCUT2D eigenvalue weighted by Crippen LogP contribution is -2.43. The molecule has 0 N–H and O–H groups in total. The van der Waals surface area contributed by atoms with E-state index in [0.717, 1.165) is 0 Å². The van der Waals surface area contributed by atoms with Crippen molar-refractivity contribution in [3.8, 4) is 0 Å². The van der Waals surface area contributed by atoms with Gasteiger partial charge in [0.2, 0.25) is 0 Å². The van der Waals surface area contributed by atoms with Crippen LogP contribution in [0, 0.1) is 19.7 Å².